The van der Waals surface area contributed by atoms with Gasteiger partial charge in [0.25, 0.3) is 0 Å². The normalized spacial score (nSPS) is 17.6. The van der Waals surface area contributed by atoms with E-state index in [-0.39, 0.29) is 30.1 Å². The minimum Gasteiger partial charge on any atom is -0.496 e. The summed E-state index contributed by atoms with van der Waals surface area (Å²) >= 11 is 0. The fourth-order valence-electron chi connectivity index (χ4n) is 4.42. The van der Waals surface area contributed by atoms with E-state index in [2.05, 4.69) is 25.4 Å². The molecule has 4 heterocycles. The molecule has 1 aliphatic heterocycles. The third-order valence-corrected chi connectivity index (χ3v) is 6.10. The minimum atomic E-state index is -2.81. The fraction of sp³-hybridized carbons (Fsp3) is 0.280. The molecule has 3 N–H and O–H groups in total. The molecule has 13 heteroatoms. The van der Waals surface area contributed by atoms with Gasteiger partial charge in [0.1, 0.15) is 29.4 Å². The first-order valence-electron chi connectivity index (χ1n) is 11.7. The molecule has 1 aliphatic rings. The van der Waals surface area contributed by atoms with Crippen molar-refractivity contribution in [2.75, 3.05) is 30.4 Å². The average molecular weight is 529 g/mol. The van der Waals surface area contributed by atoms with Crippen LogP contribution in [0.4, 0.5) is 34.9 Å². The highest BCUT2D eigenvalue weighted by Crippen LogP contribution is 2.35. The number of pyridine rings is 1. The van der Waals surface area contributed by atoms with E-state index in [1.165, 1.54) is 44.0 Å². The lowest BCUT2D eigenvalue weighted by Gasteiger charge is -2.35. The smallest absolute Gasteiger partial charge is 0.333 e. The predicted molar refractivity (Wildman–Crippen MR) is 134 cm³/mol. The van der Waals surface area contributed by atoms with Gasteiger partial charge in [0.05, 0.1) is 24.6 Å². The summed E-state index contributed by atoms with van der Waals surface area (Å²) in [5, 5.41) is 6.76. The Bertz CT molecular complexity index is 1420. The summed E-state index contributed by atoms with van der Waals surface area (Å²) < 4.78 is 61.1. The van der Waals surface area contributed by atoms with E-state index in [1.54, 1.807) is 23.1 Å². The first-order valence-corrected chi connectivity index (χ1v) is 11.7. The maximum Gasteiger partial charge on any atom is 0.333 e. The van der Waals surface area contributed by atoms with Crippen LogP contribution in [0.15, 0.2) is 55.1 Å². The largest absolute Gasteiger partial charge is 0.496 e. The van der Waals surface area contributed by atoms with Crippen LogP contribution in [0.2, 0.25) is 0 Å². The van der Waals surface area contributed by atoms with Crippen LogP contribution < -0.4 is 20.7 Å². The van der Waals surface area contributed by atoms with Gasteiger partial charge in [-0.25, -0.2) is 28.4 Å². The number of benzene rings is 1. The van der Waals surface area contributed by atoms with Crippen LogP contribution in [-0.2, 0) is 0 Å². The number of ether oxygens (including phenoxy) is 1. The third-order valence-electron chi connectivity index (χ3n) is 6.10. The standard InChI is InChI=1S/C25H24F4N8O/c1-38-20-4-2-3-18(27)23(20)24-31-6-5-21(35-24)34-22-8-19(36-12-15(26)7-16(30)13-36)17(10-32-22)14-9-33-37(11-14)25(28)29/h2-6,8-11,15-16,25H,7,12-13,30H2,1H3,(H,31,32,34,35)/t15-,16-/m0/s1. The van der Waals surface area contributed by atoms with Gasteiger partial charge in [0.15, 0.2) is 5.82 Å². The van der Waals surface area contributed by atoms with Crippen LogP contribution in [0.1, 0.15) is 13.0 Å². The summed E-state index contributed by atoms with van der Waals surface area (Å²) in [6.07, 6.45) is 4.53. The van der Waals surface area contributed by atoms with Gasteiger partial charge in [-0.05, 0) is 24.6 Å². The van der Waals surface area contributed by atoms with Gasteiger partial charge < -0.3 is 20.7 Å². The molecule has 5 rings (SSSR count). The molecule has 0 bridgehead atoms. The Morgan fingerprint density at radius 3 is 2.71 bits per heavy atom. The zero-order valence-corrected chi connectivity index (χ0v) is 20.2. The van der Waals surface area contributed by atoms with E-state index in [9.17, 15) is 17.6 Å². The first kappa shape index (κ1) is 25.4. The molecule has 0 amide bonds. The Morgan fingerprint density at radius 2 is 1.97 bits per heavy atom. The maximum absolute atomic E-state index is 14.6. The number of halogens is 4. The van der Waals surface area contributed by atoms with E-state index < -0.39 is 24.6 Å². The number of rotatable bonds is 7. The molecule has 1 fully saturated rings. The molecule has 0 spiro atoms. The Morgan fingerprint density at radius 1 is 1.13 bits per heavy atom. The molecular formula is C25H24F4N8O. The molecule has 4 aromatic rings. The summed E-state index contributed by atoms with van der Waals surface area (Å²) in [6, 6.07) is 7.24. The van der Waals surface area contributed by atoms with Gasteiger partial charge >= 0.3 is 6.55 Å². The number of anilines is 3. The minimum absolute atomic E-state index is 0.0812. The van der Waals surface area contributed by atoms with Crippen molar-refractivity contribution in [3.63, 3.8) is 0 Å². The van der Waals surface area contributed by atoms with Crippen LogP contribution in [0, 0.1) is 5.82 Å². The van der Waals surface area contributed by atoms with Gasteiger partial charge in [-0.3, -0.25) is 0 Å². The van der Waals surface area contributed by atoms with E-state index in [4.69, 9.17) is 10.5 Å². The molecule has 38 heavy (non-hydrogen) atoms. The number of nitrogens with one attached hydrogen (secondary N) is 1. The maximum atomic E-state index is 14.6. The van der Waals surface area contributed by atoms with Crippen molar-refractivity contribution in [3.05, 3.63) is 60.9 Å². The summed E-state index contributed by atoms with van der Waals surface area (Å²) in [5.41, 5.74) is 7.60. The highest BCUT2D eigenvalue weighted by molar-refractivity contribution is 5.80. The Balaban J connectivity index is 1.51. The second-order valence-electron chi connectivity index (χ2n) is 8.78. The Kier molecular flexibility index (Phi) is 7.09. The lowest BCUT2D eigenvalue weighted by atomic mass is 10.0. The van der Waals surface area contributed by atoms with Crippen molar-refractivity contribution in [2.24, 2.45) is 5.73 Å². The average Bonchev–Trinajstić information content (AvgIpc) is 3.39. The van der Waals surface area contributed by atoms with Gasteiger partial charge in [-0.2, -0.15) is 13.9 Å². The van der Waals surface area contributed by atoms with Gasteiger partial charge in [0, 0.05) is 54.9 Å². The molecule has 2 atom stereocenters. The zero-order chi connectivity index (χ0) is 26.8. The van der Waals surface area contributed by atoms with Crippen molar-refractivity contribution in [1.82, 2.24) is 24.7 Å². The van der Waals surface area contributed by atoms with E-state index in [0.29, 0.717) is 39.7 Å². The number of methoxy groups -OCH3 is 1. The van der Waals surface area contributed by atoms with Gasteiger partial charge in [0.2, 0.25) is 0 Å². The number of hydrogen-bond donors (Lipinski definition) is 2. The van der Waals surface area contributed by atoms with E-state index in [0.717, 1.165) is 0 Å². The number of alkyl halides is 3. The predicted octanol–water partition coefficient (Wildman–Crippen LogP) is 4.56. The fourth-order valence-corrected chi connectivity index (χ4v) is 4.42. The van der Waals surface area contributed by atoms with E-state index >= 15 is 0 Å². The first-order chi connectivity index (χ1) is 18.3. The van der Waals surface area contributed by atoms with E-state index in [1.807, 2.05) is 0 Å². The van der Waals surface area contributed by atoms with Crippen molar-refractivity contribution >= 4 is 17.3 Å². The number of nitrogens with zero attached hydrogens (tertiary/aromatic N) is 6. The van der Waals surface area contributed by atoms with Gasteiger partial charge in [-0.1, -0.05) is 6.07 Å². The lowest BCUT2D eigenvalue weighted by molar-refractivity contribution is 0.0566. The van der Waals surface area contributed by atoms with Crippen molar-refractivity contribution in [3.8, 4) is 28.3 Å². The highest BCUT2D eigenvalue weighted by Gasteiger charge is 2.27. The summed E-state index contributed by atoms with van der Waals surface area (Å²) in [5.74, 6) is 0.486. The molecule has 1 saturated heterocycles. The van der Waals surface area contributed by atoms with Crippen LogP contribution in [0.25, 0.3) is 22.5 Å². The SMILES string of the molecule is COc1cccc(F)c1-c1nccc(Nc2cc(N3C[C@@H](N)C[C@H](F)C3)c(-c3cnn(C(F)F)c3)cn2)n1. The van der Waals surface area contributed by atoms with Crippen LogP contribution in [0.3, 0.4) is 0 Å². The van der Waals surface area contributed by atoms with Crippen molar-refractivity contribution in [2.45, 2.75) is 25.2 Å². The second-order valence-corrected chi connectivity index (χ2v) is 8.78. The monoisotopic (exact) mass is 528 g/mol. The molecule has 0 radical (unpaired) electrons. The Hall–Kier alpha value is -4.26. The topological polar surface area (TPSA) is 107 Å². The van der Waals surface area contributed by atoms with Crippen molar-refractivity contribution in [1.29, 1.82) is 0 Å². The van der Waals surface area contributed by atoms with Crippen molar-refractivity contribution < 1.29 is 22.3 Å². The summed E-state index contributed by atoms with van der Waals surface area (Å²) in [4.78, 5) is 14.7. The molecular weight excluding hydrogens is 504 g/mol. The summed E-state index contributed by atoms with van der Waals surface area (Å²) in [6.45, 7) is -2.36. The second kappa shape index (κ2) is 10.6. The summed E-state index contributed by atoms with van der Waals surface area (Å²) in [7, 11) is 1.42. The molecule has 0 saturated carbocycles. The number of nitrogens with two attached hydrogens (primary N) is 1. The molecule has 1 aromatic carbocycles. The lowest BCUT2D eigenvalue weighted by Crippen LogP contribution is -2.48. The van der Waals surface area contributed by atoms with Crippen LogP contribution in [0.5, 0.6) is 5.75 Å². The number of hydrogen-bond acceptors (Lipinski definition) is 8. The third kappa shape index (κ3) is 5.23. The van der Waals surface area contributed by atoms with Crippen LogP contribution in [-0.4, -0.2) is 57.1 Å². The van der Waals surface area contributed by atoms with Gasteiger partial charge in [-0.15, -0.1) is 0 Å². The molecule has 0 aliphatic carbocycles. The molecule has 3 aromatic heterocycles. The van der Waals surface area contributed by atoms with Crippen LogP contribution >= 0.6 is 0 Å². The number of piperidine rings is 1. The Labute approximate surface area is 215 Å². The molecule has 0 unspecified atom stereocenters. The zero-order valence-electron chi connectivity index (χ0n) is 20.2. The number of aromatic nitrogens is 5. The highest BCUT2D eigenvalue weighted by atomic mass is 19.3. The molecule has 198 valence electrons. The quantitative estimate of drug-likeness (QED) is 0.336. The molecule has 9 nitrogen and oxygen atoms in total.